The Morgan fingerprint density at radius 1 is 1.32 bits per heavy atom. The third-order valence-electron chi connectivity index (χ3n) is 2.44. The van der Waals surface area contributed by atoms with Crippen LogP contribution in [0.5, 0.6) is 5.88 Å². The first-order valence-corrected chi connectivity index (χ1v) is 6.58. The van der Waals surface area contributed by atoms with E-state index in [2.05, 4.69) is 4.98 Å². The first kappa shape index (κ1) is 14.1. The van der Waals surface area contributed by atoms with Gasteiger partial charge in [-0.15, -0.1) is 22.9 Å². The van der Waals surface area contributed by atoms with Crippen molar-refractivity contribution in [1.29, 1.82) is 0 Å². The third-order valence-corrected chi connectivity index (χ3v) is 3.93. The van der Waals surface area contributed by atoms with Crippen LogP contribution in [-0.4, -0.2) is 12.1 Å². The van der Waals surface area contributed by atoms with Crippen molar-refractivity contribution in [1.82, 2.24) is 4.98 Å². The highest BCUT2D eigenvalue weighted by Crippen LogP contribution is 2.40. The smallest absolute Gasteiger partial charge is 0.417 e. The zero-order chi connectivity index (χ0) is 14.0. The number of alkyl halides is 4. The van der Waals surface area contributed by atoms with Crippen molar-refractivity contribution in [3.8, 4) is 16.5 Å². The van der Waals surface area contributed by atoms with Gasteiger partial charge in [0.2, 0.25) is 5.88 Å². The number of methoxy groups -OCH3 is 1. The van der Waals surface area contributed by atoms with Gasteiger partial charge in [-0.1, -0.05) is 18.2 Å². The molecule has 1 heterocycles. The summed E-state index contributed by atoms with van der Waals surface area (Å²) in [4.78, 5) is 4.66. The average molecular weight is 308 g/mol. The first-order chi connectivity index (χ1) is 8.97. The number of hydrogen-bond acceptors (Lipinski definition) is 3. The minimum atomic E-state index is -4.42. The Kier molecular flexibility index (Phi) is 4.01. The third kappa shape index (κ3) is 2.84. The molecule has 0 saturated heterocycles. The molecule has 0 fully saturated rings. The van der Waals surface area contributed by atoms with E-state index in [-0.39, 0.29) is 22.3 Å². The number of ether oxygens (including phenoxy) is 1. The van der Waals surface area contributed by atoms with Gasteiger partial charge in [0.1, 0.15) is 5.01 Å². The van der Waals surface area contributed by atoms with E-state index >= 15 is 0 Å². The van der Waals surface area contributed by atoms with Gasteiger partial charge in [-0.3, -0.25) is 0 Å². The number of benzene rings is 1. The second-order valence-electron chi connectivity index (χ2n) is 3.63. The molecule has 0 amide bonds. The Bertz CT molecular complexity index is 561. The monoisotopic (exact) mass is 307 g/mol. The van der Waals surface area contributed by atoms with Crippen LogP contribution in [0.4, 0.5) is 13.2 Å². The number of nitrogens with zero attached hydrogens (tertiary/aromatic N) is 1. The van der Waals surface area contributed by atoms with Crippen LogP contribution >= 0.6 is 22.9 Å². The molecule has 102 valence electrons. The lowest BCUT2D eigenvalue weighted by Crippen LogP contribution is -2.06. The molecule has 0 atom stereocenters. The van der Waals surface area contributed by atoms with E-state index in [0.29, 0.717) is 4.88 Å². The molecule has 19 heavy (non-hydrogen) atoms. The maximum absolute atomic E-state index is 12.9. The highest BCUT2D eigenvalue weighted by atomic mass is 35.5. The van der Waals surface area contributed by atoms with E-state index in [4.69, 9.17) is 16.3 Å². The summed E-state index contributed by atoms with van der Waals surface area (Å²) < 4.78 is 43.8. The van der Waals surface area contributed by atoms with E-state index in [9.17, 15) is 13.2 Å². The molecule has 0 unspecified atom stereocenters. The van der Waals surface area contributed by atoms with Crippen molar-refractivity contribution >= 4 is 22.9 Å². The zero-order valence-corrected chi connectivity index (χ0v) is 11.4. The molecule has 2 nitrogen and oxygen atoms in total. The molecule has 0 aliphatic carbocycles. The quantitative estimate of drug-likeness (QED) is 0.775. The zero-order valence-electron chi connectivity index (χ0n) is 9.79. The van der Waals surface area contributed by atoms with Gasteiger partial charge in [-0.2, -0.15) is 13.2 Å². The highest BCUT2D eigenvalue weighted by molar-refractivity contribution is 7.15. The molecule has 0 saturated carbocycles. The van der Waals surface area contributed by atoms with Gasteiger partial charge in [-0.05, 0) is 6.07 Å². The molecule has 2 aromatic rings. The Hall–Kier alpha value is -1.27. The van der Waals surface area contributed by atoms with Gasteiger partial charge in [0, 0.05) is 5.56 Å². The molecular weight excluding hydrogens is 299 g/mol. The molecular formula is C12H9ClF3NOS. The summed E-state index contributed by atoms with van der Waals surface area (Å²) in [5, 5.41) is 0.250. The molecule has 1 aromatic carbocycles. The number of halogens is 4. The Labute approximate surface area is 116 Å². The van der Waals surface area contributed by atoms with E-state index < -0.39 is 11.7 Å². The van der Waals surface area contributed by atoms with Gasteiger partial charge >= 0.3 is 6.18 Å². The summed E-state index contributed by atoms with van der Waals surface area (Å²) in [6, 6.07) is 5.31. The van der Waals surface area contributed by atoms with Gasteiger partial charge in [-0.25, -0.2) is 4.98 Å². The van der Waals surface area contributed by atoms with Gasteiger partial charge in [0.05, 0.1) is 23.4 Å². The van der Waals surface area contributed by atoms with Crippen LogP contribution in [0.1, 0.15) is 10.4 Å². The van der Waals surface area contributed by atoms with Crippen LogP contribution in [-0.2, 0) is 12.1 Å². The lowest BCUT2D eigenvalue weighted by molar-refractivity contribution is -0.137. The molecule has 0 radical (unpaired) electrons. The molecule has 0 aliphatic rings. The summed E-state index contributed by atoms with van der Waals surface area (Å²) >= 11 is 6.81. The van der Waals surface area contributed by atoms with Gasteiger partial charge in [0.25, 0.3) is 0 Å². The first-order valence-electron chi connectivity index (χ1n) is 5.23. The van der Waals surface area contributed by atoms with Crippen LogP contribution in [0.2, 0.25) is 0 Å². The van der Waals surface area contributed by atoms with E-state index in [1.54, 1.807) is 6.07 Å². The Morgan fingerprint density at radius 2 is 2.00 bits per heavy atom. The second-order valence-corrected chi connectivity index (χ2v) is 4.98. The average Bonchev–Trinajstić information content (AvgIpc) is 2.81. The van der Waals surface area contributed by atoms with Crippen LogP contribution in [0, 0.1) is 0 Å². The lowest BCUT2D eigenvalue weighted by Gasteiger charge is -2.10. The van der Waals surface area contributed by atoms with Crippen LogP contribution < -0.4 is 4.74 Å². The van der Waals surface area contributed by atoms with Crippen molar-refractivity contribution in [3.05, 3.63) is 34.7 Å². The van der Waals surface area contributed by atoms with Crippen LogP contribution in [0.15, 0.2) is 24.3 Å². The fraction of sp³-hybridized carbons (Fsp3) is 0.250. The lowest BCUT2D eigenvalue weighted by atomic mass is 10.1. The van der Waals surface area contributed by atoms with Crippen LogP contribution in [0.3, 0.4) is 0 Å². The minimum Gasteiger partial charge on any atom is -0.480 e. The number of thiazole rings is 1. The molecule has 7 heteroatoms. The molecule has 2 rings (SSSR count). The van der Waals surface area contributed by atoms with Crippen molar-refractivity contribution in [2.45, 2.75) is 12.1 Å². The molecule has 0 aliphatic heterocycles. The number of hydrogen-bond donors (Lipinski definition) is 0. The summed E-state index contributed by atoms with van der Waals surface area (Å²) in [7, 11) is 1.41. The van der Waals surface area contributed by atoms with E-state index in [0.717, 1.165) is 17.4 Å². The van der Waals surface area contributed by atoms with Crippen molar-refractivity contribution in [3.63, 3.8) is 0 Å². The number of rotatable bonds is 3. The molecule has 0 bridgehead atoms. The van der Waals surface area contributed by atoms with E-state index in [1.165, 1.54) is 19.2 Å². The normalized spacial score (nSPS) is 11.6. The van der Waals surface area contributed by atoms with Crippen molar-refractivity contribution < 1.29 is 17.9 Å². The second kappa shape index (κ2) is 5.38. The number of aromatic nitrogens is 1. The standard InChI is InChI=1S/C12H9ClF3NOS/c1-18-10-9(6-13)19-11(17-10)7-4-2-3-5-8(7)12(14,15)16/h2-5H,6H2,1H3. The summed E-state index contributed by atoms with van der Waals surface area (Å²) in [6.45, 7) is 0. The minimum absolute atomic E-state index is 0.0367. The predicted octanol–water partition coefficient (Wildman–Crippen LogP) is 4.58. The Balaban J connectivity index is 2.56. The molecule has 0 spiro atoms. The maximum atomic E-state index is 12.9. The molecule has 1 aromatic heterocycles. The maximum Gasteiger partial charge on any atom is 0.417 e. The summed E-state index contributed by atoms with van der Waals surface area (Å²) in [6.07, 6.45) is -4.42. The van der Waals surface area contributed by atoms with Gasteiger partial charge < -0.3 is 4.74 Å². The fourth-order valence-electron chi connectivity index (χ4n) is 1.61. The summed E-state index contributed by atoms with van der Waals surface area (Å²) in [5.41, 5.74) is -0.679. The predicted molar refractivity (Wildman–Crippen MR) is 68.7 cm³/mol. The highest BCUT2D eigenvalue weighted by Gasteiger charge is 2.34. The molecule has 0 N–H and O–H groups in total. The largest absolute Gasteiger partial charge is 0.480 e. The van der Waals surface area contributed by atoms with E-state index in [1.807, 2.05) is 0 Å². The topological polar surface area (TPSA) is 22.1 Å². The SMILES string of the molecule is COc1nc(-c2ccccc2C(F)(F)F)sc1CCl. The van der Waals surface area contributed by atoms with Gasteiger partial charge in [0.15, 0.2) is 0 Å². The van der Waals surface area contributed by atoms with Crippen LogP contribution in [0.25, 0.3) is 10.6 Å². The van der Waals surface area contributed by atoms with Crippen molar-refractivity contribution in [2.24, 2.45) is 0 Å². The fourth-order valence-corrected chi connectivity index (χ4v) is 2.81. The van der Waals surface area contributed by atoms with Crippen molar-refractivity contribution in [2.75, 3.05) is 7.11 Å². The summed E-state index contributed by atoms with van der Waals surface area (Å²) in [5.74, 6) is 0.418. The Morgan fingerprint density at radius 3 is 2.53 bits per heavy atom.